The van der Waals surface area contributed by atoms with E-state index >= 15 is 0 Å². The molecule has 2 aromatic rings. The van der Waals surface area contributed by atoms with E-state index in [9.17, 15) is 9.59 Å². The summed E-state index contributed by atoms with van der Waals surface area (Å²) >= 11 is 0. The lowest BCUT2D eigenvalue weighted by molar-refractivity contribution is -0.130. The molecule has 0 spiro atoms. The molecule has 1 heterocycles. The molecule has 0 aliphatic carbocycles. The van der Waals surface area contributed by atoms with Gasteiger partial charge in [0, 0.05) is 6.54 Å². The predicted octanol–water partition coefficient (Wildman–Crippen LogP) is 2.08. The van der Waals surface area contributed by atoms with Crippen molar-refractivity contribution in [1.82, 2.24) is 16.0 Å². The fraction of sp³-hybridized carbons (Fsp3) is 0.333. The number of nitrogens with one attached hydrogen (secondary N) is 3. The van der Waals surface area contributed by atoms with Gasteiger partial charge in [-0.1, -0.05) is 54.6 Å². The maximum atomic E-state index is 12.5. The Hall–Kier alpha value is -2.66. The Bertz CT molecular complexity index is 776. The van der Waals surface area contributed by atoms with Crippen LogP contribution in [0.2, 0.25) is 0 Å². The third-order valence-electron chi connectivity index (χ3n) is 4.81. The fourth-order valence-corrected chi connectivity index (χ4v) is 3.18. The smallest absolute Gasteiger partial charge is 0.242 e. The van der Waals surface area contributed by atoms with E-state index in [1.165, 1.54) is 11.1 Å². The Balaban J connectivity index is 1.53. The van der Waals surface area contributed by atoms with Gasteiger partial charge in [-0.05, 0) is 37.0 Å². The van der Waals surface area contributed by atoms with Crippen LogP contribution in [0.5, 0.6) is 0 Å². The highest BCUT2D eigenvalue weighted by atomic mass is 16.2. The first-order chi connectivity index (χ1) is 12.5. The first kappa shape index (κ1) is 18.1. The first-order valence-corrected chi connectivity index (χ1v) is 9.00. The zero-order valence-electron chi connectivity index (χ0n) is 15.2. The zero-order chi connectivity index (χ0) is 18.5. The van der Waals surface area contributed by atoms with Gasteiger partial charge in [0.05, 0.1) is 12.1 Å². The maximum absolute atomic E-state index is 12.5. The number of hydrogen-bond acceptors (Lipinski definition) is 3. The average Bonchev–Trinajstić information content (AvgIpc) is 2.68. The van der Waals surface area contributed by atoms with Crippen molar-refractivity contribution in [3.8, 4) is 0 Å². The molecule has 0 bridgehead atoms. The van der Waals surface area contributed by atoms with Crippen molar-refractivity contribution in [2.24, 2.45) is 0 Å². The van der Waals surface area contributed by atoms with Gasteiger partial charge in [0.2, 0.25) is 11.8 Å². The topological polar surface area (TPSA) is 70.2 Å². The van der Waals surface area contributed by atoms with Crippen molar-refractivity contribution >= 4 is 11.8 Å². The van der Waals surface area contributed by atoms with Crippen molar-refractivity contribution in [2.45, 2.75) is 44.9 Å². The second-order valence-electron chi connectivity index (χ2n) is 6.78. The summed E-state index contributed by atoms with van der Waals surface area (Å²) in [5.41, 5.74) is 3.44. The lowest BCUT2D eigenvalue weighted by Crippen LogP contribution is -2.53. The van der Waals surface area contributed by atoms with Crippen molar-refractivity contribution in [1.29, 1.82) is 0 Å². The van der Waals surface area contributed by atoms with E-state index < -0.39 is 6.04 Å². The molecule has 1 aliphatic heterocycles. The third-order valence-corrected chi connectivity index (χ3v) is 4.81. The number of fused-ring (bicyclic) bond motifs is 1. The highest BCUT2D eigenvalue weighted by molar-refractivity contribution is 5.90. The molecular weight excluding hydrogens is 326 g/mol. The summed E-state index contributed by atoms with van der Waals surface area (Å²) in [5.74, 6) is -0.333. The van der Waals surface area contributed by atoms with Crippen LogP contribution in [0, 0.1) is 0 Å². The molecule has 136 valence electrons. The summed E-state index contributed by atoms with van der Waals surface area (Å²) in [6.45, 7) is 4.31. The number of carbonyl (C=O) groups excluding carboxylic acids is 2. The Labute approximate surface area is 154 Å². The molecule has 5 heteroatoms. The summed E-state index contributed by atoms with van der Waals surface area (Å²) in [6, 6.07) is 16.9. The lowest BCUT2D eigenvalue weighted by Gasteiger charge is -2.27. The van der Waals surface area contributed by atoms with Crippen LogP contribution in [0.15, 0.2) is 54.6 Å². The van der Waals surface area contributed by atoms with Crippen LogP contribution in [0.25, 0.3) is 0 Å². The van der Waals surface area contributed by atoms with E-state index in [2.05, 4.69) is 22.0 Å². The summed E-state index contributed by atoms with van der Waals surface area (Å²) in [5, 5.41) is 9.01. The summed E-state index contributed by atoms with van der Waals surface area (Å²) in [4.78, 5) is 24.9. The second-order valence-corrected chi connectivity index (χ2v) is 6.78. The van der Waals surface area contributed by atoms with E-state index in [0.29, 0.717) is 13.0 Å². The molecule has 5 nitrogen and oxygen atoms in total. The van der Waals surface area contributed by atoms with Gasteiger partial charge in [-0.15, -0.1) is 0 Å². The second kappa shape index (κ2) is 8.15. The third kappa shape index (κ3) is 4.29. The molecule has 1 aliphatic rings. The molecular formula is C21H25N3O2. The molecule has 0 saturated carbocycles. The minimum absolute atomic E-state index is 0.109. The van der Waals surface area contributed by atoms with E-state index in [-0.39, 0.29) is 23.9 Å². The minimum atomic E-state index is -0.590. The molecule has 2 aromatic carbocycles. The average molecular weight is 351 g/mol. The number of benzene rings is 2. The Kier molecular flexibility index (Phi) is 5.68. The monoisotopic (exact) mass is 351 g/mol. The van der Waals surface area contributed by atoms with E-state index in [1.807, 2.05) is 55.5 Å². The molecule has 0 unspecified atom stereocenters. The van der Waals surface area contributed by atoms with Crippen LogP contribution in [-0.2, 0) is 22.6 Å². The number of hydrogen-bond donors (Lipinski definition) is 3. The molecule has 26 heavy (non-hydrogen) atoms. The molecule has 3 atom stereocenters. The Morgan fingerprint density at radius 2 is 1.62 bits per heavy atom. The number of carbonyl (C=O) groups is 2. The highest BCUT2D eigenvalue weighted by Gasteiger charge is 2.26. The van der Waals surface area contributed by atoms with Crippen LogP contribution >= 0.6 is 0 Å². The van der Waals surface area contributed by atoms with Gasteiger partial charge in [-0.25, -0.2) is 0 Å². The molecule has 0 saturated heterocycles. The highest BCUT2D eigenvalue weighted by Crippen LogP contribution is 2.16. The van der Waals surface area contributed by atoms with Gasteiger partial charge >= 0.3 is 0 Å². The first-order valence-electron chi connectivity index (χ1n) is 9.00. The van der Waals surface area contributed by atoms with E-state index in [4.69, 9.17) is 0 Å². The van der Waals surface area contributed by atoms with Crippen LogP contribution in [0.3, 0.4) is 0 Å². The standard InChI is InChI=1S/C21H25N3O2/c1-14(16-8-4-3-5-9-16)23-20(25)15(2)24-21(26)19-12-17-10-6-7-11-18(17)13-22-19/h3-11,14-15,19,22H,12-13H2,1-2H3,(H,23,25)(H,24,26)/t14-,15-,19+/m0/s1. The minimum Gasteiger partial charge on any atom is -0.348 e. The van der Waals surface area contributed by atoms with Crippen molar-refractivity contribution in [3.63, 3.8) is 0 Å². The predicted molar refractivity (Wildman–Crippen MR) is 101 cm³/mol. The van der Waals surface area contributed by atoms with Gasteiger partial charge in [0.1, 0.15) is 6.04 Å². The van der Waals surface area contributed by atoms with Gasteiger partial charge in [0.15, 0.2) is 0 Å². The van der Waals surface area contributed by atoms with Gasteiger partial charge < -0.3 is 16.0 Å². The maximum Gasteiger partial charge on any atom is 0.242 e. The van der Waals surface area contributed by atoms with Crippen LogP contribution in [-0.4, -0.2) is 23.9 Å². The van der Waals surface area contributed by atoms with E-state index in [1.54, 1.807) is 6.92 Å². The molecule has 3 rings (SSSR count). The molecule has 2 amide bonds. The number of amides is 2. The summed E-state index contributed by atoms with van der Waals surface area (Å²) in [6.07, 6.45) is 0.636. The Morgan fingerprint density at radius 1 is 0.962 bits per heavy atom. The van der Waals surface area contributed by atoms with Gasteiger partial charge in [0.25, 0.3) is 0 Å². The molecule has 3 N–H and O–H groups in total. The van der Waals surface area contributed by atoms with E-state index in [0.717, 1.165) is 5.56 Å². The van der Waals surface area contributed by atoms with Crippen LogP contribution in [0.1, 0.15) is 36.6 Å². The summed E-state index contributed by atoms with van der Waals surface area (Å²) < 4.78 is 0. The fourth-order valence-electron chi connectivity index (χ4n) is 3.18. The van der Waals surface area contributed by atoms with Crippen molar-refractivity contribution in [2.75, 3.05) is 0 Å². The Morgan fingerprint density at radius 3 is 2.35 bits per heavy atom. The summed E-state index contributed by atoms with van der Waals surface area (Å²) in [7, 11) is 0. The largest absolute Gasteiger partial charge is 0.348 e. The van der Waals surface area contributed by atoms with Gasteiger partial charge in [-0.3, -0.25) is 9.59 Å². The SMILES string of the molecule is C[C@H](NC(=O)[C@H]1Cc2ccccc2CN1)C(=O)N[C@@H](C)c1ccccc1. The normalized spacial score (nSPS) is 18.3. The quantitative estimate of drug-likeness (QED) is 0.772. The van der Waals surface area contributed by atoms with Crippen molar-refractivity contribution < 1.29 is 9.59 Å². The molecule has 0 aromatic heterocycles. The van der Waals surface area contributed by atoms with Crippen LogP contribution in [0.4, 0.5) is 0 Å². The lowest BCUT2D eigenvalue weighted by atomic mass is 9.95. The molecule has 0 radical (unpaired) electrons. The van der Waals surface area contributed by atoms with Crippen molar-refractivity contribution in [3.05, 3.63) is 71.3 Å². The zero-order valence-corrected chi connectivity index (χ0v) is 15.2. The van der Waals surface area contributed by atoms with Gasteiger partial charge in [-0.2, -0.15) is 0 Å². The van der Waals surface area contributed by atoms with Crippen LogP contribution < -0.4 is 16.0 Å². The number of rotatable bonds is 5. The molecule has 0 fully saturated rings.